The van der Waals surface area contributed by atoms with Crippen molar-refractivity contribution in [2.24, 2.45) is 7.05 Å². The molecule has 0 saturated heterocycles. The molecule has 0 spiro atoms. The number of aromatic nitrogens is 3. The Hall–Kier alpha value is -1.82. The molecule has 1 aromatic heterocycles. The Morgan fingerprint density at radius 2 is 2.00 bits per heavy atom. The fourth-order valence-corrected chi connectivity index (χ4v) is 1.99. The SMILES string of the molecule is CCCNC(c1c(F)cccc1F)c1cnnn1C. The molecule has 0 aliphatic heterocycles. The average Bonchev–Trinajstić information content (AvgIpc) is 2.79. The summed E-state index contributed by atoms with van der Waals surface area (Å²) in [5.74, 6) is -1.15. The van der Waals surface area contributed by atoms with Crippen molar-refractivity contribution >= 4 is 0 Å². The molecule has 0 fully saturated rings. The molecule has 1 aromatic carbocycles. The minimum Gasteiger partial charge on any atom is -0.305 e. The first-order chi connectivity index (χ1) is 9.15. The summed E-state index contributed by atoms with van der Waals surface area (Å²) in [5.41, 5.74) is 0.624. The lowest BCUT2D eigenvalue weighted by molar-refractivity contribution is 0.484. The monoisotopic (exact) mass is 266 g/mol. The largest absolute Gasteiger partial charge is 0.305 e. The van der Waals surface area contributed by atoms with Crippen molar-refractivity contribution in [3.63, 3.8) is 0 Å². The third kappa shape index (κ3) is 2.78. The molecule has 102 valence electrons. The van der Waals surface area contributed by atoms with Gasteiger partial charge in [-0.05, 0) is 25.1 Å². The third-order valence-corrected chi connectivity index (χ3v) is 2.93. The highest BCUT2D eigenvalue weighted by Crippen LogP contribution is 2.26. The number of halogens is 2. The van der Waals surface area contributed by atoms with E-state index in [9.17, 15) is 8.78 Å². The van der Waals surface area contributed by atoms with Gasteiger partial charge in [0.15, 0.2) is 0 Å². The van der Waals surface area contributed by atoms with Crippen LogP contribution in [-0.4, -0.2) is 21.5 Å². The lowest BCUT2D eigenvalue weighted by Crippen LogP contribution is -2.27. The van der Waals surface area contributed by atoms with Crippen molar-refractivity contribution in [2.45, 2.75) is 19.4 Å². The Morgan fingerprint density at radius 3 is 2.53 bits per heavy atom. The zero-order valence-electron chi connectivity index (χ0n) is 10.9. The van der Waals surface area contributed by atoms with E-state index in [2.05, 4.69) is 15.6 Å². The second-order valence-electron chi connectivity index (χ2n) is 4.30. The van der Waals surface area contributed by atoms with Crippen molar-refractivity contribution in [3.8, 4) is 0 Å². The molecule has 0 saturated carbocycles. The van der Waals surface area contributed by atoms with E-state index in [0.29, 0.717) is 12.2 Å². The summed E-state index contributed by atoms with van der Waals surface area (Å²) in [6, 6.07) is 3.26. The minimum atomic E-state index is -0.596. The second kappa shape index (κ2) is 5.88. The molecular weight excluding hydrogens is 250 g/mol. The van der Waals surface area contributed by atoms with Crippen LogP contribution >= 0.6 is 0 Å². The molecule has 1 unspecified atom stereocenters. The fraction of sp³-hybridized carbons (Fsp3) is 0.385. The summed E-state index contributed by atoms with van der Waals surface area (Å²) in [6.45, 7) is 2.63. The lowest BCUT2D eigenvalue weighted by Gasteiger charge is -2.19. The number of nitrogens with zero attached hydrogens (tertiary/aromatic N) is 3. The molecule has 2 rings (SSSR count). The molecule has 1 atom stereocenters. The van der Waals surface area contributed by atoms with Crippen LogP contribution in [0.1, 0.15) is 30.6 Å². The van der Waals surface area contributed by atoms with E-state index in [1.807, 2.05) is 6.92 Å². The Balaban J connectivity index is 2.46. The first-order valence-corrected chi connectivity index (χ1v) is 6.17. The van der Waals surface area contributed by atoms with Gasteiger partial charge in [0.2, 0.25) is 0 Å². The van der Waals surface area contributed by atoms with Crippen LogP contribution in [0.15, 0.2) is 24.4 Å². The summed E-state index contributed by atoms with van der Waals surface area (Å²) < 4.78 is 29.4. The molecule has 0 aliphatic rings. The highest BCUT2D eigenvalue weighted by molar-refractivity contribution is 5.29. The Labute approximate surface area is 110 Å². The predicted molar refractivity (Wildman–Crippen MR) is 67.5 cm³/mol. The fourth-order valence-electron chi connectivity index (χ4n) is 1.99. The number of rotatable bonds is 5. The van der Waals surface area contributed by atoms with E-state index in [1.165, 1.54) is 29.1 Å². The standard InChI is InChI=1S/C13H16F2N4/c1-3-7-16-13(11-8-17-18-19(11)2)12-9(14)5-4-6-10(12)15/h4-6,8,13,16H,3,7H2,1-2H3. The van der Waals surface area contributed by atoms with Crippen LogP contribution < -0.4 is 5.32 Å². The van der Waals surface area contributed by atoms with Gasteiger partial charge >= 0.3 is 0 Å². The minimum absolute atomic E-state index is 0.00125. The van der Waals surface area contributed by atoms with Gasteiger partial charge in [0, 0.05) is 12.6 Å². The maximum Gasteiger partial charge on any atom is 0.131 e. The second-order valence-corrected chi connectivity index (χ2v) is 4.30. The van der Waals surface area contributed by atoms with Crippen LogP contribution in [0.5, 0.6) is 0 Å². The van der Waals surface area contributed by atoms with Crippen LogP contribution in [0.2, 0.25) is 0 Å². The van der Waals surface area contributed by atoms with Crippen molar-refractivity contribution in [1.29, 1.82) is 0 Å². The number of aryl methyl sites for hydroxylation is 1. The van der Waals surface area contributed by atoms with E-state index in [0.717, 1.165) is 6.42 Å². The predicted octanol–water partition coefficient (Wildman–Crippen LogP) is 2.18. The summed E-state index contributed by atoms with van der Waals surface area (Å²) in [7, 11) is 1.70. The maximum atomic E-state index is 13.9. The zero-order valence-corrected chi connectivity index (χ0v) is 10.9. The first-order valence-electron chi connectivity index (χ1n) is 6.17. The van der Waals surface area contributed by atoms with E-state index >= 15 is 0 Å². The van der Waals surface area contributed by atoms with Crippen LogP contribution in [0, 0.1) is 11.6 Å². The molecule has 19 heavy (non-hydrogen) atoms. The molecule has 0 radical (unpaired) electrons. The van der Waals surface area contributed by atoms with Crippen LogP contribution in [0.3, 0.4) is 0 Å². The molecule has 1 heterocycles. The number of hydrogen-bond donors (Lipinski definition) is 1. The number of nitrogens with one attached hydrogen (secondary N) is 1. The summed E-state index contributed by atoms with van der Waals surface area (Å²) in [4.78, 5) is 0. The van der Waals surface area contributed by atoms with Gasteiger partial charge in [0.1, 0.15) is 11.6 Å². The van der Waals surface area contributed by atoms with Gasteiger partial charge in [-0.1, -0.05) is 18.2 Å². The summed E-state index contributed by atoms with van der Waals surface area (Å²) in [6.07, 6.45) is 2.37. The van der Waals surface area contributed by atoms with Gasteiger partial charge < -0.3 is 5.32 Å². The number of benzene rings is 1. The van der Waals surface area contributed by atoms with Gasteiger partial charge in [-0.25, -0.2) is 8.78 Å². The van der Waals surface area contributed by atoms with E-state index in [4.69, 9.17) is 0 Å². The highest BCUT2D eigenvalue weighted by Gasteiger charge is 2.24. The topological polar surface area (TPSA) is 42.7 Å². The number of hydrogen-bond acceptors (Lipinski definition) is 3. The van der Waals surface area contributed by atoms with Crippen molar-refractivity contribution < 1.29 is 8.78 Å². The highest BCUT2D eigenvalue weighted by atomic mass is 19.1. The zero-order chi connectivity index (χ0) is 13.8. The maximum absolute atomic E-state index is 13.9. The molecule has 1 N–H and O–H groups in total. The normalized spacial score (nSPS) is 12.6. The van der Waals surface area contributed by atoms with Crippen LogP contribution in [0.25, 0.3) is 0 Å². The van der Waals surface area contributed by atoms with E-state index in [-0.39, 0.29) is 5.56 Å². The van der Waals surface area contributed by atoms with Crippen molar-refractivity contribution in [3.05, 3.63) is 47.3 Å². The van der Waals surface area contributed by atoms with Crippen molar-refractivity contribution in [2.75, 3.05) is 6.54 Å². The van der Waals surface area contributed by atoms with Crippen molar-refractivity contribution in [1.82, 2.24) is 20.3 Å². The van der Waals surface area contributed by atoms with Crippen LogP contribution in [0.4, 0.5) is 8.78 Å². The summed E-state index contributed by atoms with van der Waals surface area (Å²) in [5, 5.41) is 10.7. The molecular formula is C13H16F2N4. The quantitative estimate of drug-likeness (QED) is 0.902. The van der Waals surface area contributed by atoms with Gasteiger partial charge in [-0.2, -0.15) is 0 Å². The Bertz CT molecular complexity index is 533. The molecule has 0 amide bonds. The molecule has 4 nitrogen and oxygen atoms in total. The first kappa shape index (κ1) is 13.6. The van der Waals surface area contributed by atoms with E-state index < -0.39 is 17.7 Å². The molecule has 6 heteroatoms. The molecule has 0 bridgehead atoms. The van der Waals surface area contributed by atoms with E-state index in [1.54, 1.807) is 7.05 Å². The molecule has 0 aliphatic carbocycles. The average molecular weight is 266 g/mol. The Morgan fingerprint density at radius 1 is 1.32 bits per heavy atom. The lowest BCUT2D eigenvalue weighted by atomic mass is 10.0. The molecule has 2 aromatic rings. The van der Waals surface area contributed by atoms with Gasteiger partial charge in [0.25, 0.3) is 0 Å². The van der Waals surface area contributed by atoms with Crippen LogP contribution in [-0.2, 0) is 7.05 Å². The van der Waals surface area contributed by atoms with Gasteiger partial charge in [-0.15, -0.1) is 5.10 Å². The third-order valence-electron chi connectivity index (χ3n) is 2.93. The Kier molecular flexibility index (Phi) is 4.21. The van der Waals surface area contributed by atoms with Gasteiger partial charge in [0.05, 0.1) is 17.9 Å². The summed E-state index contributed by atoms with van der Waals surface area (Å²) >= 11 is 0. The smallest absolute Gasteiger partial charge is 0.131 e. The van der Waals surface area contributed by atoms with Gasteiger partial charge in [-0.3, -0.25) is 4.68 Å².